The molecule has 0 radical (unpaired) electrons. The van der Waals surface area contributed by atoms with Crippen LogP contribution < -0.4 is 4.74 Å². The van der Waals surface area contributed by atoms with Crippen molar-refractivity contribution in [1.82, 2.24) is 14.5 Å². The number of carboxylic acids is 1. The maximum atomic E-state index is 14.5. The average Bonchev–Trinajstić information content (AvgIpc) is 3.43. The second-order valence-electron chi connectivity index (χ2n) is 10.0. The third-order valence-corrected chi connectivity index (χ3v) is 7.92. The molecule has 3 aromatic carbocycles. The first-order chi connectivity index (χ1) is 18.1. The zero-order valence-corrected chi connectivity index (χ0v) is 20.3. The molecule has 2 N–H and O–H groups in total. The van der Waals surface area contributed by atoms with E-state index in [-0.39, 0.29) is 11.4 Å². The molecule has 1 aliphatic heterocycles. The number of rotatable bonds is 3. The number of carbonyl (C=O) groups is 1. The van der Waals surface area contributed by atoms with Crippen LogP contribution in [0.15, 0.2) is 54.6 Å². The van der Waals surface area contributed by atoms with Crippen LogP contribution in [0.1, 0.15) is 53.9 Å². The number of halogens is 1. The highest BCUT2D eigenvalue weighted by Crippen LogP contribution is 2.48. The van der Waals surface area contributed by atoms with Crippen molar-refractivity contribution < 1.29 is 19.0 Å². The lowest BCUT2D eigenvalue weighted by molar-refractivity contribution is 0.0697. The standard InChI is InChI=1S/C30H26FN3O3/c31-22-9-5-4-8-19(22)29-32-23-13-12-21-27-25(17-6-2-1-3-7-17)20-11-10-18(30(35)36)16-24(20)34(27)14-15-37-28(21)26(23)33-29/h4-5,8-13,16-17H,1-3,6-7,14-15H2,(H,32,33)(H,35,36). The Bertz CT molecular complexity index is 1690. The van der Waals surface area contributed by atoms with Gasteiger partial charge in [-0.1, -0.05) is 37.5 Å². The van der Waals surface area contributed by atoms with Gasteiger partial charge in [0, 0.05) is 16.5 Å². The summed E-state index contributed by atoms with van der Waals surface area (Å²) in [6.07, 6.45) is 5.87. The minimum Gasteiger partial charge on any atom is -0.489 e. The molecular formula is C30H26FN3O3. The van der Waals surface area contributed by atoms with E-state index in [4.69, 9.17) is 9.72 Å². The van der Waals surface area contributed by atoms with E-state index >= 15 is 0 Å². The number of fused-ring (bicyclic) bond motifs is 7. The number of ether oxygens (including phenoxy) is 1. The third kappa shape index (κ3) is 3.44. The average molecular weight is 496 g/mol. The van der Waals surface area contributed by atoms with Crippen LogP contribution in [0.3, 0.4) is 0 Å². The number of hydrogen-bond donors (Lipinski definition) is 2. The van der Waals surface area contributed by atoms with Gasteiger partial charge in [-0.15, -0.1) is 0 Å². The van der Waals surface area contributed by atoms with Crippen LogP contribution in [0.25, 0.3) is 44.6 Å². The molecule has 1 saturated carbocycles. The van der Waals surface area contributed by atoms with Gasteiger partial charge in [-0.05, 0) is 60.7 Å². The Kier molecular flexibility index (Phi) is 5.06. The lowest BCUT2D eigenvalue weighted by Gasteiger charge is -2.23. The molecule has 1 fully saturated rings. The molecule has 37 heavy (non-hydrogen) atoms. The summed E-state index contributed by atoms with van der Waals surface area (Å²) >= 11 is 0. The summed E-state index contributed by atoms with van der Waals surface area (Å²) in [5.41, 5.74) is 6.41. The minimum atomic E-state index is -0.930. The summed E-state index contributed by atoms with van der Waals surface area (Å²) < 4.78 is 23.1. The van der Waals surface area contributed by atoms with Crippen LogP contribution in [0.2, 0.25) is 0 Å². The van der Waals surface area contributed by atoms with E-state index in [9.17, 15) is 14.3 Å². The van der Waals surface area contributed by atoms with Crippen molar-refractivity contribution in [3.8, 4) is 28.4 Å². The largest absolute Gasteiger partial charge is 0.489 e. The predicted octanol–water partition coefficient (Wildman–Crippen LogP) is 7.13. The number of H-pyrrole nitrogens is 1. The summed E-state index contributed by atoms with van der Waals surface area (Å²) in [4.78, 5) is 19.9. The highest BCUT2D eigenvalue weighted by atomic mass is 19.1. The van der Waals surface area contributed by atoms with Gasteiger partial charge in [-0.3, -0.25) is 0 Å². The second-order valence-corrected chi connectivity index (χ2v) is 10.0. The van der Waals surface area contributed by atoms with E-state index in [1.165, 1.54) is 30.9 Å². The van der Waals surface area contributed by atoms with Crippen molar-refractivity contribution in [2.24, 2.45) is 0 Å². The molecule has 3 heterocycles. The van der Waals surface area contributed by atoms with Crippen LogP contribution in [0.4, 0.5) is 4.39 Å². The fraction of sp³-hybridized carbons (Fsp3) is 0.267. The van der Waals surface area contributed by atoms with Gasteiger partial charge in [0.05, 0.1) is 28.9 Å². The molecule has 2 aromatic heterocycles. The van der Waals surface area contributed by atoms with Gasteiger partial charge >= 0.3 is 5.97 Å². The molecule has 0 amide bonds. The lowest BCUT2D eigenvalue weighted by atomic mass is 9.81. The zero-order chi connectivity index (χ0) is 25.1. The first kappa shape index (κ1) is 22.1. The SMILES string of the molecule is O=C(O)c1ccc2c(C3CCCCC3)c3n(c2c1)CCOc1c-3ccc2[nH]c(-c3ccccc3F)nc12. The molecule has 0 unspecified atom stereocenters. The highest BCUT2D eigenvalue weighted by Gasteiger charge is 2.31. The monoisotopic (exact) mass is 495 g/mol. The third-order valence-electron chi connectivity index (χ3n) is 7.92. The number of nitrogens with one attached hydrogen (secondary N) is 1. The van der Waals surface area contributed by atoms with Crippen LogP contribution in [0.5, 0.6) is 5.75 Å². The molecule has 0 saturated heterocycles. The van der Waals surface area contributed by atoms with Gasteiger partial charge in [-0.2, -0.15) is 0 Å². The van der Waals surface area contributed by atoms with Crippen molar-refractivity contribution in [2.45, 2.75) is 44.6 Å². The fourth-order valence-corrected chi connectivity index (χ4v) is 6.24. The van der Waals surface area contributed by atoms with E-state index < -0.39 is 5.97 Å². The number of hydrogen-bond acceptors (Lipinski definition) is 3. The maximum Gasteiger partial charge on any atom is 0.335 e. The number of aromatic carboxylic acids is 1. The van der Waals surface area contributed by atoms with Crippen molar-refractivity contribution in [3.63, 3.8) is 0 Å². The Morgan fingerprint density at radius 3 is 2.70 bits per heavy atom. The number of carboxylic acid groups (broad SMARTS) is 1. The summed E-state index contributed by atoms with van der Waals surface area (Å²) in [5.74, 6) is 0.295. The molecule has 1 aliphatic carbocycles. The van der Waals surface area contributed by atoms with Crippen molar-refractivity contribution in [3.05, 3.63) is 71.5 Å². The highest BCUT2D eigenvalue weighted by molar-refractivity contribution is 6.01. The van der Waals surface area contributed by atoms with Crippen molar-refractivity contribution in [2.75, 3.05) is 6.61 Å². The molecular weight excluding hydrogens is 469 g/mol. The number of nitrogens with zero attached hydrogens (tertiary/aromatic N) is 2. The smallest absolute Gasteiger partial charge is 0.335 e. The summed E-state index contributed by atoms with van der Waals surface area (Å²) in [6, 6.07) is 16.1. The molecule has 0 spiro atoms. The van der Waals surface area contributed by atoms with E-state index in [1.807, 2.05) is 12.1 Å². The number of aromatic nitrogens is 3. The first-order valence-corrected chi connectivity index (χ1v) is 12.9. The zero-order valence-electron chi connectivity index (χ0n) is 20.3. The Balaban J connectivity index is 1.50. The van der Waals surface area contributed by atoms with Crippen LogP contribution >= 0.6 is 0 Å². The van der Waals surface area contributed by atoms with Crippen LogP contribution in [-0.2, 0) is 6.54 Å². The number of aromatic amines is 1. The van der Waals surface area contributed by atoms with Gasteiger partial charge < -0.3 is 19.4 Å². The first-order valence-electron chi connectivity index (χ1n) is 12.9. The second kappa shape index (κ2) is 8.47. The van der Waals surface area contributed by atoms with E-state index in [0.717, 1.165) is 40.5 Å². The Morgan fingerprint density at radius 1 is 1.05 bits per heavy atom. The predicted molar refractivity (Wildman–Crippen MR) is 141 cm³/mol. The molecule has 2 aliphatic rings. The van der Waals surface area contributed by atoms with E-state index in [0.29, 0.717) is 41.7 Å². The topological polar surface area (TPSA) is 80.1 Å². The van der Waals surface area contributed by atoms with Gasteiger partial charge in [0.2, 0.25) is 0 Å². The summed E-state index contributed by atoms with van der Waals surface area (Å²) in [6.45, 7) is 1.02. The minimum absolute atomic E-state index is 0.283. The normalized spacial score (nSPS) is 15.8. The molecule has 0 bridgehead atoms. The van der Waals surface area contributed by atoms with Crippen LogP contribution in [0, 0.1) is 5.82 Å². The Hall–Kier alpha value is -4.13. The van der Waals surface area contributed by atoms with Gasteiger partial charge in [0.15, 0.2) is 5.75 Å². The summed E-state index contributed by atoms with van der Waals surface area (Å²) in [5, 5.41) is 10.8. The molecule has 7 rings (SSSR count). The number of benzene rings is 3. The van der Waals surface area contributed by atoms with Gasteiger partial charge in [-0.25, -0.2) is 14.2 Å². The van der Waals surface area contributed by atoms with Crippen molar-refractivity contribution >= 4 is 27.9 Å². The Morgan fingerprint density at radius 2 is 1.89 bits per heavy atom. The quantitative estimate of drug-likeness (QED) is 0.279. The van der Waals surface area contributed by atoms with E-state index in [1.54, 1.807) is 30.3 Å². The van der Waals surface area contributed by atoms with Crippen molar-refractivity contribution in [1.29, 1.82) is 0 Å². The molecule has 0 atom stereocenters. The van der Waals surface area contributed by atoms with Gasteiger partial charge in [0.25, 0.3) is 0 Å². The molecule has 186 valence electrons. The maximum absolute atomic E-state index is 14.5. The lowest BCUT2D eigenvalue weighted by Crippen LogP contribution is -2.07. The number of imidazole rings is 1. The molecule has 6 nitrogen and oxygen atoms in total. The fourth-order valence-electron chi connectivity index (χ4n) is 6.24. The molecule has 7 heteroatoms. The molecule has 5 aromatic rings. The Labute approximate surface area is 212 Å². The van der Waals surface area contributed by atoms with Crippen LogP contribution in [-0.4, -0.2) is 32.2 Å². The van der Waals surface area contributed by atoms with E-state index in [2.05, 4.69) is 15.6 Å². The van der Waals surface area contributed by atoms with Gasteiger partial charge in [0.1, 0.15) is 23.8 Å². The summed E-state index contributed by atoms with van der Waals surface area (Å²) in [7, 11) is 0.